The fraction of sp³-hybridized carbons (Fsp3) is 1.00. The van der Waals surface area contributed by atoms with Crippen LogP contribution in [0.3, 0.4) is 0 Å². The molecule has 0 heterocycles. The molecule has 0 spiro atoms. The molecule has 0 aromatic rings. The van der Waals surface area contributed by atoms with Gasteiger partial charge < -0.3 is 0 Å². The number of rotatable bonds is 4. The lowest BCUT2D eigenvalue weighted by Crippen LogP contribution is -2.13. The topological polar surface area (TPSA) is 0 Å². The SMILES string of the molecule is CCC(C)C(F)CC(C)C. The van der Waals surface area contributed by atoms with Gasteiger partial charge in [0.25, 0.3) is 0 Å². The first-order valence-electron chi connectivity index (χ1n) is 4.22. The summed E-state index contributed by atoms with van der Waals surface area (Å²) in [4.78, 5) is 0. The van der Waals surface area contributed by atoms with Gasteiger partial charge >= 0.3 is 0 Å². The van der Waals surface area contributed by atoms with Crippen LogP contribution >= 0.6 is 0 Å². The Balaban J connectivity index is 3.50. The lowest BCUT2D eigenvalue weighted by Gasteiger charge is -2.16. The Morgan fingerprint density at radius 3 is 2.00 bits per heavy atom. The van der Waals surface area contributed by atoms with Crippen LogP contribution in [0.25, 0.3) is 0 Å². The molecule has 0 bridgehead atoms. The lowest BCUT2D eigenvalue weighted by atomic mass is 9.95. The maximum Gasteiger partial charge on any atom is 0.103 e. The van der Waals surface area contributed by atoms with E-state index >= 15 is 0 Å². The van der Waals surface area contributed by atoms with E-state index in [1.165, 1.54) is 0 Å². The van der Waals surface area contributed by atoms with Crippen molar-refractivity contribution in [2.24, 2.45) is 11.8 Å². The summed E-state index contributed by atoms with van der Waals surface area (Å²) >= 11 is 0. The van der Waals surface area contributed by atoms with E-state index in [0.717, 1.165) is 12.8 Å². The molecule has 1 heteroatoms. The highest BCUT2D eigenvalue weighted by atomic mass is 19.1. The van der Waals surface area contributed by atoms with E-state index in [9.17, 15) is 4.39 Å². The minimum Gasteiger partial charge on any atom is -0.247 e. The monoisotopic (exact) mass is 146 g/mol. The molecule has 2 unspecified atom stereocenters. The quantitative estimate of drug-likeness (QED) is 0.570. The summed E-state index contributed by atoms with van der Waals surface area (Å²) in [6.45, 7) is 8.15. The Morgan fingerprint density at radius 2 is 1.70 bits per heavy atom. The maximum atomic E-state index is 13.0. The van der Waals surface area contributed by atoms with Crippen molar-refractivity contribution in [1.29, 1.82) is 0 Å². The number of hydrogen-bond acceptors (Lipinski definition) is 0. The van der Waals surface area contributed by atoms with Crippen LogP contribution in [-0.2, 0) is 0 Å². The summed E-state index contributed by atoms with van der Waals surface area (Å²) in [5, 5.41) is 0. The Hall–Kier alpha value is -0.0700. The smallest absolute Gasteiger partial charge is 0.103 e. The van der Waals surface area contributed by atoms with Crippen LogP contribution in [-0.4, -0.2) is 6.17 Å². The van der Waals surface area contributed by atoms with Gasteiger partial charge in [-0.25, -0.2) is 4.39 Å². The van der Waals surface area contributed by atoms with Gasteiger partial charge in [-0.05, 0) is 18.3 Å². The summed E-state index contributed by atoms with van der Waals surface area (Å²) in [5.41, 5.74) is 0. The predicted octanol–water partition coefficient (Wildman–Crippen LogP) is 3.42. The molecule has 0 aliphatic carbocycles. The highest BCUT2D eigenvalue weighted by molar-refractivity contribution is 4.64. The van der Waals surface area contributed by atoms with Crippen molar-refractivity contribution in [3.8, 4) is 0 Å². The van der Waals surface area contributed by atoms with Crippen molar-refractivity contribution < 1.29 is 4.39 Å². The van der Waals surface area contributed by atoms with Crippen LogP contribution in [0.15, 0.2) is 0 Å². The van der Waals surface area contributed by atoms with Gasteiger partial charge in [-0.2, -0.15) is 0 Å². The average molecular weight is 146 g/mol. The highest BCUT2D eigenvalue weighted by Gasteiger charge is 2.14. The summed E-state index contributed by atoms with van der Waals surface area (Å²) in [6, 6.07) is 0. The molecule has 0 rings (SSSR count). The molecule has 10 heavy (non-hydrogen) atoms. The van der Waals surface area contributed by atoms with Gasteiger partial charge in [0.15, 0.2) is 0 Å². The molecule has 0 aromatic carbocycles. The van der Waals surface area contributed by atoms with Gasteiger partial charge in [0.1, 0.15) is 6.17 Å². The second-order valence-corrected chi connectivity index (χ2v) is 3.53. The van der Waals surface area contributed by atoms with Crippen LogP contribution in [0.1, 0.15) is 40.5 Å². The third kappa shape index (κ3) is 3.86. The first-order chi connectivity index (χ1) is 4.57. The zero-order chi connectivity index (χ0) is 8.15. The molecular formula is C9H19F. The third-order valence-corrected chi connectivity index (χ3v) is 1.96. The van der Waals surface area contributed by atoms with Gasteiger partial charge in [0.2, 0.25) is 0 Å². The van der Waals surface area contributed by atoms with Crippen molar-refractivity contribution in [3.05, 3.63) is 0 Å². The maximum absolute atomic E-state index is 13.0. The molecule has 0 aliphatic rings. The molecule has 62 valence electrons. The van der Waals surface area contributed by atoms with Crippen molar-refractivity contribution in [3.63, 3.8) is 0 Å². The largest absolute Gasteiger partial charge is 0.247 e. The second-order valence-electron chi connectivity index (χ2n) is 3.53. The fourth-order valence-corrected chi connectivity index (χ4v) is 0.938. The molecule has 2 atom stereocenters. The molecule has 0 aliphatic heterocycles. The average Bonchev–Trinajstić information content (AvgIpc) is 1.85. The molecule has 0 nitrogen and oxygen atoms in total. The molecule has 0 radical (unpaired) electrons. The van der Waals surface area contributed by atoms with Gasteiger partial charge in [0, 0.05) is 0 Å². The molecule has 0 aromatic heterocycles. The molecular weight excluding hydrogens is 127 g/mol. The molecule has 0 saturated heterocycles. The Labute approximate surface area is 63.8 Å². The normalized spacial score (nSPS) is 17.4. The van der Waals surface area contributed by atoms with E-state index in [4.69, 9.17) is 0 Å². The standard InChI is InChI=1S/C9H19F/c1-5-8(4)9(10)6-7(2)3/h7-9H,5-6H2,1-4H3. The van der Waals surface area contributed by atoms with E-state index in [-0.39, 0.29) is 5.92 Å². The van der Waals surface area contributed by atoms with Crippen molar-refractivity contribution in [1.82, 2.24) is 0 Å². The van der Waals surface area contributed by atoms with Gasteiger partial charge in [-0.1, -0.05) is 34.1 Å². The lowest BCUT2D eigenvalue weighted by molar-refractivity contribution is 0.201. The Bertz CT molecular complexity index is 78.8. The summed E-state index contributed by atoms with van der Waals surface area (Å²) in [6.07, 6.45) is 1.08. The summed E-state index contributed by atoms with van der Waals surface area (Å²) < 4.78 is 13.0. The van der Waals surface area contributed by atoms with Crippen LogP contribution in [0.4, 0.5) is 4.39 Å². The van der Waals surface area contributed by atoms with Crippen molar-refractivity contribution in [2.75, 3.05) is 0 Å². The highest BCUT2D eigenvalue weighted by Crippen LogP contribution is 2.18. The van der Waals surface area contributed by atoms with Crippen LogP contribution < -0.4 is 0 Å². The minimum atomic E-state index is -0.593. The van der Waals surface area contributed by atoms with E-state index in [2.05, 4.69) is 13.8 Å². The third-order valence-electron chi connectivity index (χ3n) is 1.96. The zero-order valence-electron chi connectivity index (χ0n) is 7.52. The van der Waals surface area contributed by atoms with E-state index in [1.807, 2.05) is 13.8 Å². The van der Waals surface area contributed by atoms with Gasteiger partial charge in [-0.3, -0.25) is 0 Å². The molecule has 0 N–H and O–H groups in total. The number of hydrogen-bond donors (Lipinski definition) is 0. The van der Waals surface area contributed by atoms with Crippen molar-refractivity contribution >= 4 is 0 Å². The molecule has 0 saturated carbocycles. The predicted molar refractivity (Wildman–Crippen MR) is 43.8 cm³/mol. The number of halogens is 1. The number of alkyl halides is 1. The van der Waals surface area contributed by atoms with E-state index < -0.39 is 6.17 Å². The van der Waals surface area contributed by atoms with Crippen LogP contribution in [0.2, 0.25) is 0 Å². The fourth-order valence-electron chi connectivity index (χ4n) is 0.938. The van der Waals surface area contributed by atoms with E-state index in [0.29, 0.717) is 5.92 Å². The van der Waals surface area contributed by atoms with E-state index in [1.54, 1.807) is 0 Å². The van der Waals surface area contributed by atoms with Gasteiger partial charge in [0.05, 0.1) is 0 Å². The molecule has 0 fully saturated rings. The summed E-state index contributed by atoms with van der Waals surface area (Å²) in [5.74, 6) is 0.728. The Kier molecular flexibility index (Phi) is 4.67. The zero-order valence-corrected chi connectivity index (χ0v) is 7.52. The first kappa shape index (κ1) is 9.93. The Morgan fingerprint density at radius 1 is 1.20 bits per heavy atom. The van der Waals surface area contributed by atoms with Gasteiger partial charge in [-0.15, -0.1) is 0 Å². The summed E-state index contributed by atoms with van der Waals surface area (Å²) in [7, 11) is 0. The minimum absolute atomic E-state index is 0.238. The molecule has 0 amide bonds. The van der Waals surface area contributed by atoms with Crippen molar-refractivity contribution in [2.45, 2.75) is 46.7 Å². The van der Waals surface area contributed by atoms with Crippen LogP contribution in [0.5, 0.6) is 0 Å². The second kappa shape index (κ2) is 4.70. The first-order valence-corrected chi connectivity index (χ1v) is 4.22. The van der Waals surface area contributed by atoms with Crippen LogP contribution in [0, 0.1) is 11.8 Å².